The Morgan fingerprint density at radius 1 is 1.00 bits per heavy atom. The highest BCUT2D eigenvalue weighted by Gasteiger charge is 2.30. The van der Waals surface area contributed by atoms with Gasteiger partial charge >= 0.3 is 11.9 Å². The molecule has 6 aromatic rings. The van der Waals surface area contributed by atoms with Crippen LogP contribution in [0.15, 0.2) is 70.9 Å². The van der Waals surface area contributed by atoms with Crippen LogP contribution >= 0.6 is 11.3 Å². The number of aromatic nitrogens is 6. The smallest absolute Gasteiger partial charge is 0.359 e. The van der Waals surface area contributed by atoms with Crippen molar-refractivity contribution < 1.29 is 41.7 Å². The highest BCUT2D eigenvalue weighted by Crippen LogP contribution is 2.39. The van der Waals surface area contributed by atoms with Crippen molar-refractivity contribution in [3.8, 4) is 39.1 Å². The van der Waals surface area contributed by atoms with Crippen molar-refractivity contribution in [3.05, 3.63) is 106 Å². The van der Waals surface area contributed by atoms with Crippen LogP contribution in [-0.4, -0.2) is 60.7 Å². The van der Waals surface area contributed by atoms with Crippen LogP contribution in [0, 0.1) is 17.6 Å². The number of carboxylic acid groups (broad SMARTS) is 2. The zero-order valence-corrected chi connectivity index (χ0v) is 27.7. The second kappa shape index (κ2) is 13.1. The third kappa shape index (κ3) is 6.96. The molecule has 0 aliphatic heterocycles. The highest BCUT2D eigenvalue weighted by molar-refractivity contribution is 7.89. The van der Waals surface area contributed by atoms with Gasteiger partial charge in [-0.05, 0) is 78.8 Å². The van der Waals surface area contributed by atoms with Crippen molar-refractivity contribution in [3.63, 3.8) is 0 Å². The number of nitrogens with zero attached hydrogens (tertiary/aromatic N) is 5. The van der Waals surface area contributed by atoms with Crippen LogP contribution in [0.25, 0.3) is 27.5 Å². The van der Waals surface area contributed by atoms with Gasteiger partial charge in [0.05, 0.1) is 11.4 Å². The Morgan fingerprint density at radius 3 is 2.39 bits per heavy atom. The molecule has 1 saturated carbocycles. The summed E-state index contributed by atoms with van der Waals surface area (Å²) in [7, 11) is -4.30. The predicted molar refractivity (Wildman–Crippen MR) is 177 cm³/mol. The van der Waals surface area contributed by atoms with E-state index in [9.17, 15) is 32.6 Å². The Kier molecular flexibility index (Phi) is 8.65. The third-order valence-corrected chi connectivity index (χ3v) is 9.96. The molecule has 1 aliphatic carbocycles. The lowest BCUT2D eigenvalue weighted by Crippen LogP contribution is -2.14. The van der Waals surface area contributed by atoms with Crippen molar-refractivity contribution in [1.29, 1.82) is 0 Å². The topological polar surface area (TPSA) is 216 Å². The number of carbonyl (C=O) groups is 2. The minimum Gasteiger partial charge on any atom is -0.476 e. The van der Waals surface area contributed by atoms with Gasteiger partial charge in [-0.2, -0.15) is 5.10 Å². The highest BCUT2D eigenvalue weighted by atomic mass is 32.2. The lowest BCUT2D eigenvalue weighted by Gasteiger charge is -2.11. The Balaban J connectivity index is 1.32. The molecule has 3 aromatic heterocycles. The van der Waals surface area contributed by atoms with Crippen LogP contribution in [0.2, 0.25) is 0 Å². The first-order valence-electron chi connectivity index (χ1n) is 15.2. The van der Waals surface area contributed by atoms with E-state index in [1.807, 2.05) is 0 Å². The van der Waals surface area contributed by atoms with Gasteiger partial charge in [0.15, 0.2) is 5.69 Å². The summed E-state index contributed by atoms with van der Waals surface area (Å²) < 4.78 is 61.3. The Morgan fingerprint density at radius 2 is 1.75 bits per heavy atom. The monoisotopic (exact) mass is 733 g/mol. The molecule has 0 spiro atoms. The standard InChI is InChI=1S/C33H25F2N7O7S2/c34-23-9-6-19(14-21(23)18-4-7-20(8-5-18)49-30-29(32(45)46)38-41-39-30)28-22(11-17-3-10-27(24(35)12-17)51(36,47)48)26(13-16-1-2-16)42(40-28)33-37-25(15-50-33)31(43)44/h3-10,12,14-16H,1-2,11,13H2,(H,43,44)(H,45,46)(H2,36,47,48)(H,38,39,41). The van der Waals surface area contributed by atoms with Crippen LogP contribution in [-0.2, 0) is 22.9 Å². The van der Waals surface area contributed by atoms with Crippen molar-refractivity contribution >= 4 is 33.3 Å². The second-order valence-corrected chi connectivity index (χ2v) is 14.1. The van der Waals surface area contributed by atoms with Gasteiger partial charge in [0.2, 0.25) is 20.8 Å². The van der Waals surface area contributed by atoms with Crippen LogP contribution < -0.4 is 9.88 Å². The maximum atomic E-state index is 15.4. The summed E-state index contributed by atoms with van der Waals surface area (Å²) >= 11 is 1.08. The minimum atomic E-state index is -4.30. The Bertz CT molecular complexity index is 2440. The number of nitrogens with one attached hydrogen (secondary N) is 1. The molecule has 0 amide bonds. The first-order chi connectivity index (χ1) is 24.4. The summed E-state index contributed by atoms with van der Waals surface area (Å²) in [6.45, 7) is 0. The molecule has 3 aromatic carbocycles. The Labute approximate surface area is 291 Å². The van der Waals surface area contributed by atoms with Crippen molar-refractivity contribution in [2.24, 2.45) is 11.1 Å². The van der Waals surface area contributed by atoms with Gasteiger partial charge in [-0.3, -0.25) is 0 Å². The fourth-order valence-corrected chi connectivity index (χ4v) is 6.91. The molecule has 260 valence electrons. The summed E-state index contributed by atoms with van der Waals surface area (Å²) in [4.78, 5) is 26.7. The SMILES string of the molecule is NS(=O)(=O)c1ccc(Cc2c(-c3ccc(F)c(-c4ccc(Oc5nn[nH]c5C(=O)O)cc4)c3)nn(-c3nc(C(=O)O)cs3)c2CC2CC2)cc1F. The molecule has 0 radical (unpaired) electrons. The first kappa shape index (κ1) is 33.6. The van der Waals surface area contributed by atoms with Crippen LogP contribution in [0.4, 0.5) is 8.78 Å². The second-order valence-electron chi connectivity index (χ2n) is 11.8. The van der Waals surface area contributed by atoms with Crippen molar-refractivity contribution in [2.75, 3.05) is 0 Å². The summed E-state index contributed by atoms with van der Waals surface area (Å²) in [6, 6.07) is 14.2. The number of benzene rings is 3. The van der Waals surface area contributed by atoms with Gasteiger partial charge in [-0.25, -0.2) is 46.7 Å². The van der Waals surface area contributed by atoms with Crippen LogP contribution in [0.1, 0.15) is 50.6 Å². The summed E-state index contributed by atoms with van der Waals surface area (Å²) in [5.74, 6) is -3.79. The van der Waals surface area contributed by atoms with E-state index in [0.29, 0.717) is 51.1 Å². The van der Waals surface area contributed by atoms with Crippen molar-refractivity contribution in [1.82, 2.24) is 30.2 Å². The zero-order chi connectivity index (χ0) is 36.0. The predicted octanol–water partition coefficient (Wildman–Crippen LogP) is 5.44. The van der Waals surface area contributed by atoms with E-state index >= 15 is 4.39 Å². The van der Waals surface area contributed by atoms with Crippen molar-refractivity contribution in [2.45, 2.75) is 30.6 Å². The first-order valence-corrected chi connectivity index (χ1v) is 17.6. The molecule has 0 unspecified atom stereocenters. The number of carboxylic acids is 2. The summed E-state index contributed by atoms with van der Waals surface area (Å²) in [5.41, 5.74) is 2.80. The van der Waals surface area contributed by atoms with Crippen LogP contribution in [0.3, 0.4) is 0 Å². The molecule has 0 saturated heterocycles. The summed E-state index contributed by atoms with van der Waals surface area (Å²) in [5, 5.41) is 39.9. The zero-order valence-electron chi connectivity index (χ0n) is 26.1. The molecule has 0 bridgehead atoms. The molecule has 51 heavy (non-hydrogen) atoms. The quantitative estimate of drug-likeness (QED) is 0.124. The minimum absolute atomic E-state index is 0.0928. The number of sulfonamides is 1. The number of hydrogen-bond acceptors (Lipinski definition) is 10. The largest absolute Gasteiger partial charge is 0.476 e. The number of hydrogen-bond donors (Lipinski definition) is 4. The van der Waals surface area contributed by atoms with Gasteiger partial charge in [0.25, 0.3) is 5.88 Å². The maximum absolute atomic E-state index is 15.4. The number of H-pyrrole nitrogens is 1. The van der Waals surface area contributed by atoms with Gasteiger partial charge in [-0.1, -0.05) is 28.5 Å². The van der Waals surface area contributed by atoms with Gasteiger partial charge in [0, 0.05) is 28.5 Å². The van der Waals surface area contributed by atoms with Gasteiger partial charge < -0.3 is 14.9 Å². The number of thiazole rings is 1. The number of aromatic carboxylic acids is 2. The van der Waals surface area contributed by atoms with E-state index in [4.69, 9.17) is 15.0 Å². The van der Waals surface area contributed by atoms with Crippen LogP contribution in [0.5, 0.6) is 11.6 Å². The average molecular weight is 734 g/mol. The number of halogens is 2. The molecule has 18 heteroatoms. The Hall–Kier alpha value is -5.85. The van der Waals surface area contributed by atoms with E-state index in [0.717, 1.165) is 36.3 Å². The number of aromatic amines is 1. The lowest BCUT2D eigenvalue weighted by molar-refractivity contribution is 0.0678. The molecular weight excluding hydrogens is 709 g/mol. The number of ether oxygens (including phenoxy) is 1. The molecule has 5 N–H and O–H groups in total. The number of nitrogens with two attached hydrogens (primary N) is 1. The third-order valence-electron chi connectivity index (χ3n) is 8.19. The summed E-state index contributed by atoms with van der Waals surface area (Å²) in [6.07, 6.45) is 2.57. The molecule has 7 rings (SSSR count). The number of primary sulfonamides is 1. The van der Waals surface area contributed by atoms with Gasteiger partial charge in [0.1, 0.15) is 22.3 Å². The van der Waals surface area contributed by atoms with E-state index < -0.39 is 38.5 Å². The average Bonchev–Trinajstić information content (AvgIpc) is 3.40. The molecular formula is C33H25F2N7O7S2. The molecule has 3 heterocycles. The molecule has 1 fully saturated rings. The van der Waals surface area contributed by atoms with E-state index in [1.54, 1.807) is 28.9 Å². The van der Waals surface area contributed by atoms with E-state index in [1.165, 1.54) is 29.6 Å². The van der Waals surface area contributed by atoms with Gasteiger partial charge in [-0.15, -0.1) is 11.3 Å². The molecule has 1 aliphatic rings. The number of rotatable bonds is 12. The van der Waals surface area contributed by atoms with E-state index in [2.05, 4.69) is 20.4 Å². The lowest BCUT2D eigenvalue weighted by atomic mass is 9.95. The fourth-order valence-electron chi connectivity index (χ4n) is 5.55. The molecule has 0 atom stereocenters. The fraction of sp³-hybridized carbons (Fsp3) is 0.152. The maximum Gasteiger partial charge on any atom is 0.359 e. The normalized spacial score (nSPS) is 13.0. The van der Waals surface area contributed by atoms with E-state index in [-0.39, 0.29) is 35.0 Å². The molecule has 14 nitrogen and oxygen atoms in total.